The minimum Gasteiger partial charge on any atom is -0.359 e. The van der Waals surface area contributed by atoms with E-state index in [9.17, 15) is 4.79 Å². The van der Waals surface area contributed by atoms with Crippen LogP contribution in [0.15, 0.2) is 22.8 Å². The van der Waals surface area contributed by atoms with Crippen molar-refractivity contribution >= 4 is 27.7 Å². The van der Waals surface area contributed by atoms with Crippen molar-refractivity contribution in [3.63, 3.8) is 0 Å². The fourth-order valence-electron chi connectivity index (χ4n) is 1.48. The molecule has 1 aromatic heterocycles. The first kappa shape index (κ1) is 13.0. The van der Waals surface area contributed by atoms with Crippen molar-refractivity contribution in [2.24, 2.45) is 5.92 Å². The molecule has 4 nitrogen and oxygen atoms in total. The average molecular weight is 286 g/mol. The summed E-state index contributed by atoms with van der Waals surface area (Å²) in [6, 6.07) is 3.80. The molecule has 0 spiro atoms. The van der Waals surface area contributed by atoms with Gasteiger partial charge in [-0.15, -0.1) is 0 Å². The van der Waals surface area contributed by atoms with E-state index in [0.717, 1.165) is 10.3 Å². The Balaban J connectivity index is 2.69. The summed E-state index contributed by atoms with van der Waals surface area (Å²) in [6.45, 7) is 2.53. The summed E-state index contributed by atoms with van der Waals surface area (Å²) in [5.41, 5.74) is 0. The normalized spacial score (nSPS) is 12.0. The Kier molecular flexibility index (Phi) is 4.73. The van der Waals surface area contributed by atoms with Gasteiger partial charge in [0.1, 0.15) is 5.82 Å². The second-order valence-electron chi connectivity index (χ2n) is 3.70. The Morgan fingerprint density at radius 1 is 1.69 bits per heavy atom. The third kappa shape index (κ3) is 3.20. The van der Waals surface area contributed by atoms with Gasteiger partial charge in [-0.2, -0.15) is 0 Å². The smallest absolute Gasteiger partial charge is 0.224 e. The summed E-state index contributed by atoms with van der Waals surface area (Å²) in [7, 11) is 3.57. The van der Waals surface area contributed by atoms with Crippen LogP contribution in [0.5, 0.6) is 0 Å². The van der Waals surface area contributed by atoms with E-state index < -0.39 is 0 Å². The molecule has 1 N–H and O–H groups in total. The third-order valence-electron chi connectivity index (χ3n) is 2.34. The van der Waals surface area contributed by atoms with Gasteiger partial charge in [-0.25, -0.2) is 4.98 Å². The van der Waals surface area contributed by atoms with Crippen molar-refractivity contribution in [1.29, 1.82) is 0 Å². The average Bonchev–Trinajstić information content (AvgIpc) is 2.28. The van der Waals surface area contributed by atoms with Crippen LogP contribution >= 0.6 is 15.9 Å². The molecule has 16 heavy (non-hydrogen) atoms. The van der Waals surface area contributed by atoms with Crippen molar-refractivity contribution in [3.05, 3.63) is 22.8 Å². The number of halogens is 1. The van der Waals surface area contributed by atoms with E-state index in [4.69, 9.17) is 0 Å². The van der Waals surface area contributed by atoms with E-state index >= 15 is 0 Å². The summed E-state index contributed by atoms with van der Waals surface area (Å²) < 4.78 is 0.932. The molecule has 5 heteroatoms. The van der Waals surface area contributed by atoms with Gasteiger partial charge in [-0.1, -0.05) is 6.92 Å². The lowest BCUT2D eigenvalue weighted by atomic mass is 10.1. The minimum atomic E-state index is -0.0658. The third-order valence-corrected chi connectivity index (χ3v) is 2.96. The summed E-state index contributed by atoms with van der Waals surface area (Å²) in [5.74, 6) is 0.820. The first-order valence-corrected chi connectivity index (χ1v) is 5.88. The number of hydrogen-bond donors (Lipinski definition) is 1. The first-order chi connectivity index (χ1) is 7.56. The van der Waals surface area contributed by atoms with Crippen molar-refractivity contribution in [2.45, 2.75) is 6.92 Å². The number of carbonyl (C=O) groups is 1. The van der Waals surface area contributed by atoms with E-state index in [2.05, 4.69) is 26.2 Å². The van der Waals surface area contributed by atoms with Crippen molar-refractivity contribution in [1.82, 2.24) is 10.3 Å². The predicted octanol–water partition coefficient (Wildman–Crippen LogP) is 1.66. The van der Waals surface area contributed by atoms with Gasteiger partial charge < -0.3 is 10.2 Å². The lowest BCUT2D eigenvalue weighted by Crippen LogP contribution is -2.34. The molecule has 1 atom stereocenters. The molecular weight excluding hydrogens is 270 g/mol. The molecule has 0 aliphatic rings. The zero-order valence-corrected chi connectivity index (χ0v) is 11.3. The number of pyridine rings is 1. The number of carbonyl (C=O) groups excluding carboxylic acids is 1. The summed E-state index contributed by atoms with van der Waals surface area (Å²) in [6.07, 6.45) is 1.74. The number of anilines is 1. The van der Waals surface area contributed by atoms with Gasteiger partial charge in [0.25, 0.3) is 0 Å². The van der Waals surface area contributed by atoms with E-state index in [1.807, 2.05) is 31.0 Å². The largest absolute Gasteiger partial charge is 0.359 e. The topological polar surface area (TPSA) is 45.2 Å². The fourth-order valence-corrected chi connectivity index (χ4v) is 2.04. The summed E-state index contributed by atoms with van der Waals surface area (Å²) in [5, 5.41) is 2.64. The molecule has 1 rings (SSSR count). The molecule has 88 valence electrons. The van der Waals surface area contributed by atoms with Crippen LogP contribution in [-0.2, 0) is 4.79 Å². The van der Waals surface area contributed by atoms with Gasteiger partial charge in [0.05, 0.1) is 10.4 Å². The molecule has 0 aliphatic heterocycles. The lowest BCUT2D eigenvalue weighted by Gasteiger charge is -2.22. The molecule has 1 amide bonds. The standard InChI is InChI=1S/C11H16BrN3O/c1-8(11(16)13-2)7-15(3)10-9(12)5-4-6-14-10/h4-6,8H,7H2,1-3H3,(H,13,16). The van der Waals surface area contributed by atoms with Crippen LogP contribution in [0, 0.1) is 5.92 Å². The SMILES string of the molecule is CNC(=O)C(C)CN(C)c1ncccc1Br. The summed E-state index contributed by atoms with van der Waals surface area (Å²) in [4.78, 5) is 17.6. The van der Waals surface area contributed by atoms with Crippen molar-refractivity contribution < 1.29 is 4.79 Å². The molecule has 1 heterocycles. The molecule has 0 saturated carbocycles. The molecular formula is C11H16BrN3O. The molecule has 0 radical (unpaired) electrons. The number of aromatic nitrogens is 1. The van der Waals surface area contributed by atoms with Crippen LogP contribution < -0.4 is 10.2 Å². The van der Waals surface area contributed by atoms with Gasteiger partial charge in [0.15, 0.2) is 0 Å². The maximum absolute atomic E-state index is 11.4. The molecule has 0 aliphatic carbocycles. The number of hydrogen-bond acceptors (Lipinski definition) is 3. The number of rotatable bonds is 4. The zero-order valence-electron chi connectivity index (χ0n) is 9.70. The Morgan fingerprint density at radius 3 is 2.94 bits per heavy atom. The maximum atomic E-state index is 11.4. The highest BCUT2D eigenvalue weighted by Crippen LogP contribution is 2.22. The highest BCUT2D eigenvalue weighted by molar-refractivity contribution is 9.10. The number of nitrogens with zero attached hydrogens (tertiary/aromatic N) is 2. The van der Waals surface area contributed by atoms with E-state index in [1.54, 1.807) is 13.2 Å². The van der Waals surface area contributed by atoms with Gasteiger partial charge in [0.2, 0.25) is 5.91 Å². The fraction of sp³-hybridized carbons (Fsp3) is 0.455. The van der Waals surface area contributed by atoms with Crippen molar-refractivity contribution in [2.75, 3.05) is 25.5 Å². The highest BCUT2D eigenvalue weighted by Gasteiger charge is 2.15. The molecule has 0 saturated heterocycles. The molecule has 1 unspecified atom stereocenters. The Morgan fingerprint density at radius 2 is 2.38 bits per heavy atom. The summed E-state index contributed by atoms with van der Waals surface area (Å²) >= 11 is 3.44. The lowest BCUT2D eigenvalue weighted by molar-refractivity contribution is -0.123. The van der Waals surface area contributed by atoms with Gasteiger partial charge in [-0.3, -0.25) is 4.79 Å². The van der Waals surface area contributed by atoms with Crippen LogP contribution in [-0.4, -0.2) is 31.5 Å². The van der Waals surface area contributed by atoms with E-state index in [1.165, 1.54) is 0 Å². The maximum Gasteiger partial charge on any atom is 0.224 e. The van der Waals surface area contributed by atoms with Gasteiger partial charge >= 0.3 is 0 Å². The Labute approximate surface area is 104 Å². The molecule has 0 bridgehead atoms. The van der Waals surface area contributed by atoms with Crippen LogP contribution in [0.25, 0.3) is 0 Å². The first-order valence-electron chi connectivity index (χ1n) is 5.09. The Hall–Kier alpha value is -1.10. The molecule has 0 aromatic carbocycles. The number of amides is 1. The predicted molar refractivity (Wildman–Crippen MR) is 68.4 cm³/mol. The Bertz CT molecular complexity index is 370. The van der Waals surface area contributed by atoms with Crippen molar-refractivity contribution in [3.8, 4) is 0 Å². The van der Waals surface area contributed by atoms with Crippen LogP contribution in [0.2, 0.25) is 0 Å². The highest BCUT2D eigenvalue weighted by atomic mass is 79.9. The van der Waals surface area contributed by atoms with Gasteiger partial charge in [-0.05, 0) is 28.1 Å². The van der Waals surface area contributed by atoms with E-state index in [-0.39, 0.29) is 11.8 Å². The zero-order chi connectivity index (χ0) is 12.1. The second kappa shape index (κ2) is 5.84. The van der Waals surface area contributed by atoms with Crippen LogP contribution in [0.4, 0.5) is 5.82 Å². The molecule has 1 aromatic rings. The quantitative estimate of drug-likeness (QED) is 0.915. The minimum absolute atomic E-state index is 0.0407. The van der Waals surface area contributed by atoms with Gasteiger partial charge in [0, 0.05) is 26.8 Å². The number of nitrogens with one attached hydrogen (secondary N) is 1. The van der Waals surface area contributed by atoms with Crippen LogP contribution in [0.1, 0.15) is 6.92 Å². The second-order valence-corrected chi connectivity index (χ2v) is 4.56. The van der Waals surface area contributed by atoms with E-state index in [0.29, 0.717) is 6.54 Å². The van der Waals surface area contributed by atoms with Crippen LogP contribution in [0.3, 0.4) is 0 Å². The monoisotopic (exact) mass is 285 g/mol. The molecule has 0 fully saturated rings.